The monoisotopic (exact) mass is 859 g/mol. The minimum absolute atomic E-state index is 0.0210. The third kappa shape index (κ3) is 39.8. The SMILES string of the molecule is C[C@@H](CCCCNC(=O)COCCOCCCC(=O)COCCOCCNC(=O)CC[C@H](NC(=O)CCCCCCCCCCCCCCCCC(=O)O)C(=O)O)C(N)=O. The van der Waals surface area contributed by atoms with E-state index in [4.69, 9.17) is 29.8 Å². The summed E-state index contributed by atoms with van der Waals surface area (Å²) >= 11 is 0. The van der Waals surface area contributed by atoms with Crippen LogP contribution in [-0.4, -0.2) is 124 Å². The molecule has 7 N–H and O–H groups in total. The number of carbonyl (C=O) groups excluding carboxylic acids is 5. The molecule has 17 heteroatoms. The number of amides is 4. The smallest absolute Gasteiger partial charge is 0.326 e. The van der Waals surface area contributed by atoms with Crippen LogP contribution in [0.4, 0.5) is 0 Å². The van der Waals surface area contributed by atoms with Crippen molar-refractivity contribution in [2.24, 2.45) is 11.7 Å². The van der Waals surface area contributed by atoms with E-state index < -0.39 is 18.0 Å². The summed E-state index contributed by atoms with van der Waals surface area (Å²) in [5, 5.41) is 26.1. The van der Waals surface area contributed by atoms with Gasteiger partial charge in [-0.3, -0.25) is 28.8 Å². The van der Waals surface area contributed by atoms with Gasteiger partial charge >= 0.3 is 11.9 Å². The molecule has 0 aliphatic heterocycles. The minimum Gasteiger partial charge on any atom is -0.481 e. The van der Waals surface area contributed by atoms with E-state index in [1.54, 1.807) is 6.92 Å². The van der Waals surface area contributed by atoms with Crippen LogP contribution in [0, 0.1) is 5.92 Å². The first-order chi connectivity index (χ1) is 28.9. The van der Waals surface area contributed by atoms with Gasteiger partial charge < -0.3 is 50.8 Å². The number of nitrogens with two attached hydrogens (primary N) is 1. The fourth-order valence-corrected chi connectivity index (χ4v) is 6.06. The Morgan fingerprint density at radius 3 is 1.57 bits per heavy atom. The van der Waals surface area contributed by atoms with E-state index >= 15 is 0 Å². The Bertz CT molecular complexity index is 1170. The molecule has 0 aliphatic rings. The van der Waals surface area contributed by atoms with Crippen molar-refractivity contribution in [1.29, 1.82) is 0 Å². The van der Waals surface area contributed by atoms with Crippen LogP contribution >= 0.6 is 0 Å². The molecule has 0 rings (SSSR count). The number of carboxylic acid groups (broad SMARTS) is 2. The van der Waals surface area contributed by atoms with Gasteiger partial charge in [-0.15, -0.1) is 0 Å². The molecule has 17 nitrogen and oxygen atoms in total. The van der Waals surface area contributed by atoms with Crippen molar-refractivity contribution in [2.45, 2.75) is 161 Å². The highest BCUT2D eigenvalue weighted by molar-refractivity contribution is 5.84. The lowest BCUT2D eigenvalue weighted by atomic mass is 10.0. The number of ether oxygens (including phenoxy) is 4. The molecular formula is C43H78N4O13. The number of unbranched alkanes of at least 4 members (excludes halogenated alkanes) is 14. The van der Waals surface area contributed by atoms with Crippen LogP contribution in [0.2, 0.25) is 0 Å². The predicted octanol–water partition coefficient (Wildman–Crippen LogP) is 4.60. The van der Waals surface area contributed by atoms with Crippen LogP contribution in [0.15, 0.2) is 0 Å². The van der Waals surface area contributed by atoms with Gasteiger partial charge in [0.1, 0.15) is 19.3 Å². The molecule has 0 saturated heterocycles. The Morgan fingerprint density at radius 1 is 0.483 bits per heavy atom. The van der Waals surface area contributed by atoms with E-state index in [1.807, 2.05) is 0 Å². The molecule has 0 aromatic heterocycles. The van der Waals surface area contributed by atoms with Gasteiger partial charge in [0.25, 0.3) is 0 Å². The highest BCUT2D eigenvalue weighted by atomic mass is 16.5. The molecule has 0 fully saturated rings. The van der Waals surface area contributed by atoms with Gasteiger partial charge in [0, 0.05) is 51.3 Å². The summed E-state index contributed by atoms with van der Waals surface area (Å²) in [6, 6.07) is -1.14. The molecule has 0 spiro atoms. The maximum atomic E-state index is 12.3. The third-order valence-electron chi connectivity index (χ3n) is 9.76. The van der Waals surface area contributed by atoms with Gasteiger partial charge in [-0.2, -0.15) is 0 Å². The van der Waals surface area contributed by atoms with Crippen molar-refractivity contribution in [3.63, 3.8) is 0 Å². The molecule has 0 radical (unpaired) electrons. The Hall–Kier alpha value is -3.67. The average molecular weight is 859 g/mol. The Morgan fingerprint density at radius 2 is 1.00 bits per heavy atom. The molecule has 0 aliphatic carbocycles. The maximum Gasteiger partial charge on any atom is 0.326 e. The normalized spacial score (nSPS) is 12.1. The number of rotatable bonds is 45. The summed E-state index contributed by atoms with van der Waals surface area (Å²) in [5.74, 6) is -3.34. The number of carboxylic acids is 2. The van der Waals surface area contributed by atoms with Gasteiger partial charge in [0.2, 0.25) is 23.6 Å². The molecule has 0 aromatic carbocycles. The van der Waals surface area contributed by atoms with Crippen molar-refractivity contribution in [1.82, 2.24) is 16.0 Å². The predicted molar refractivity (Wildman–Crippen MR) is 226 cm³/mol. The largest absolute Gasteiger partial charge is 0.481 e. The number of hydrogen-bond acceptors (Lipinski definition) is 11. The lowest BCUT2D eigenvalue weighted by molar-refractivity contribution is -0.142. The molecule has 0 aromatic rings. The molecule has 0 bridgehead atoms. The first kappa shape index (κ1) is 56.3. The van der Waals surface area contributed by atoms with Crippen LogP contribution in [-0.2, 0) is 52.5 Å². The second-order valence-corrected chi connectivity index (χ2v) is 15.3. The van der Waals surface area contributed by atoms with Gasteiger partial charge in [0.15, 0.2) is 5.78 Å². The number of nitrogens with one attached hydrogen (secondary N) is 3. The summed E-state index contributed by atoms with van der Waals surface area (Å²) in [6.07, 6.45) is 18.6. The zero-order valence-corrected chi connectivity index (χ0v) is 36.5. The number of primary amides is 1. The van der Waals surface area contributed by atoms with E-state index in [0.29, 0.717) is 45.4 Å². The van der Waals surface area contributed by atoms with Crippen LogP contribution in [0.25, 0.3) is 0 Å². The first-order valence-corrected chi connectivity index (χ1v) is 22.3. The summed E-state index contributed by atoms with van der Waals surface area (Å²) in [6.45, 7) is 3.97. The number of aliphatic carboxylic acids is 2. The van der Waals surface area contributed by atoms with Crippen molar-refractivity contribution >= 4 is 41.4 Å². The summed E-state index contributed by atoms with van der Waals surface area (Å²) in [7, 11) is 0. The lowest BCUT2D eigenvalue weighted by Gasteiger charge is -2.14. The van der Waals surface area contributed by atoms with Gasteiger partial charge in [-0.25, -0.2) is 4.79 Å². The van der Waals surface area contributed by atoms with E-state index in [0.717, 1.165) is 51.4 Å². The average Bonchev–Trinajstić information content (AvgIpc) is 3.20. The highest BCUT2D eigenvalue weighted by Crippen LogP contribution is 2.14. The van der Waals surface area contributed by atoms with Crippen LogP contribution in [0.3, 0.4) is 0 Å². The molecule has 0 saturated carbocycles. The molecule has 4 amide bonds. The molecule has 0 unspecified atom stereocenters. The Kier molecular flexibility index (Phi) is 38.2. The molecule has 0 heterocycles. The maximum absolute atomic E-state index is 12.3. The summed E-state index contributed by atoms with van der Waals surface area (Å²) < 4.78 is 21.5. The standard InChI is InChI=1S/C43H78N4O13/c1-35(42(44)54)19-16-17-25-45-40(51)34-60-32-29-57-27-18-20-36(48)33-59-31-30-58-28-26-46-38(49)24-23-37(43(55)56)47-39(50)21-14-12-10-8-6-4-2-3-5-7-9-11-13-15-22-41(52)53/h35,37H,2-34H2,1H3,(H2,44,54)(H,45,51)(H,46,49)(H,47,50)(H,52,53)(H,55,56)/t35-,37-/m0/s1. The van der Waals surface area contributed by atoms with Gasteiger partial charge in [-0.1, -0.05) is 90.4 Å². The van der Waals surface area contributed by atoms with Crippen molar-refractivity contribution in [2.75, 3.05) is 65.9 Å². The van der Waals surface area contributed by atoms with Crippen molar-refractivity contribution < 1.29 is 62.7 Å². The lowest BCUT2D eigenvalue weighted by Crippen LogP contribution is -2.41. The Labute approximate surface area is 357 Å². The summed E-state index contributed by atoms with van der Waals surface area (Å²) in [4.78, 5) is 81.5. The number of Topliss-reactive ketones (excluding diaryl/α,β-unsaturated/α-hetero) is 1. The van der Waals surface area contributed by atoms with Crippen molar-refractivity contribution in [3.05, 3.63) is 0 Å². The highest BCUT2D eigenvalue weighted by Gasteiger charge is 2.21. The minimum atomic E-state index is -1.18. The van der Waals surface area contributed by atoms with Gasteiger partial charge in [0.05, 0.1) is 33.0 Å². The second kappa shape index (κ2) is 40.7. The Balaban J connectivity index is 3.65. The molecular weight excluding hydrogens is 780 g/mol. The van der Waals surface area contributed by atoms with Crippen molar-refractivity contribution in [3.8, 4) is 0 Å². The number of ketones is 1. The van der Waals surface area contributed by atoms with E-state index in [2.05, 4.69) is 16.0 Å². The number of hydrogen-bond donors (Lipinski definition) is 6. The quantitative estimate of drug-likeness (QED) is 0.0458. The fraction of sp³-hybridized carbons (Fsp3) is 0.837. The van der Waals surface area contributed by atoms with Crippen LogP contribution in [0.5, 0.6) is 0 Å². The molecule has 2 atom stereocenters. The molecule has 348 valence electrons. The van der Waals surface area contributed by atoms with E-state index in [-0.39, 0.29) is 107 Å². The number of carbonyl (C=O) groups is 7. The van der Waals surface area contributed by atoms with E-state index in [9.17, 15) is 38.7 Å². The van der Waals surface area contributed by atoms with Crippen LogP contribution in [0.1, 0.15) is 155 Å². The fourth-order valence-electron chi connectivity index (χ4n) is 6.06. The first-order valence-electron chi connectivity index (χ1n) is 22.3. The molecule has 60 heavy (non-hydrogen) atoms. The zero-order chi connectivity index (χ0) is 44.5. The third-order valence-corrected chi connectivity index (χ3v) is 9.76. The zero-order valence-electron chi connectivity index (χ0n) is 36.5. The van der Waals surface area contributed by atoms with E-state index in [1.165, 1.54) is 44.9 Å². The second-order valence-electron chi connectivity index (χ2n) is 15.3. The van der Waals surface area contributed by atoms with Crippen LogP contribution < -0.4 is 21.7 Å². The van der Waals surface area contributed by atoms with Gasteiger partial charge in [-0.05, 0) is 38.5 Å². The summed E-state index contributed by atoms with van der Waals surface area (Å²) in [5.41, 5.74) is 5.22. The topological polar surface area (TPSA) is 259 Å².